The number of imidazole rings is 2. The third kappa shape index (κ3) is 15.0. The lowest BCUT2D eigenvalue weighted by Gasteiger charge is -2.26. The zero-order valence-electron chi connectivity index (χ0n) is 48.4. The van der Waals surface area contributed by atoms with Gasteiger partial charge in [0, 0.05) is 54.0 Å². The van der Waals surface area contributed by atoms with Crippen molar-refractivity contribution in [2.75, 3.05) is 88.7 Å². The van der Waals surface area contributed by atoms with Crippen LogP contribution in [0.5, 0.6) is 23.0 Å². The van der Waals surface area contributed by atoms with Crippen molar-refractivity contribution in [2.45, 2.75) is 110 Å². The predicted octanol–water partition coefficient (Wildman–Crippen LogP) is 7.17. The molecular weight excluding hydrogens is 1160 g/mol. The molecule has 0 radical (unpaired) electrons. The van der Waals surface area contributed by atoms with Crippen molar-refractivity contribution < 1.29 is 48.5 Å². The molecule has 5 aromatic heterocycles. The molecule has 3 atom stereocenters. The topological polar surface area (TPSA) is 295 Å². The molecule has 85 heavy (non-hydrogen) atoms. The van der Waals surface area contributed by atoms with Crippen LogP contribution in [0.3, 0.4) is 0 Å². The van der Waals surface area contributed by atoms with Crippen LogP contribution in [-0.4, -0.2) is 150 Å². The molecule has 11 heterocycles. The van der Waals surface area contributed by atoms with Crippen LogP contribution >= 0.6 is 34.8 Å². The second-order valence-corrected chi connectivity index (χ2v) is 21.5. The number of anilines is 5. The summed E-state index contributed by atoms with van der Waals surface area (Å²) in [4.78, 5) is 38.5. The molecule has 0 spiro atoms. The minimum Gasteiger partial charge on any atom is -0.496 e. The van der Waals surface area contributed by atoms with Gasteiger partial charge < -0.3 is 83.8 Å². The zero-order chi connectivity index (χ0) is 60.1. The maximum atomic E-state index is 9.78. The van der Waals surface area contributed by atoms with Gasteiger partial charge in [0.15, 0.2) is 17.3 Å². The Labute approximate surface area is 507 Å². The maximum Gasteiger partial charge on any atom is 0.230 e. The summed E-state index contributed by atoms with van der Waals surface area (Å²) in [6, 6.07) is 8.38. The van der Waals surface area contributed by atoms with E-state index in [4.69, 9.17) is 83.8 Å². The number of rotatable bonds is 13. The fourth-order valence-electron chi connectivity index (χ4n) is 10.6. The van der Waals surface area contributed by atoms with Gasteiger partial charge in [-0.15, -0.1) is 0 Å². The van der Waals surface area contributed by atoms with E-state index in [-0.39, 0.29) is 35.9 Å². The number of fused-ring (bicyclic) bond motifs is 3. The number of aromatic nitrogens is 10. The van der Waals surface area contributed by atoms with Crippen molar-refractivity contribution in [2.24, 2.45) is 0 Å². The van der Waals surface area contributed by atoms with Crippen LogP contribution < -0.4 is 45.1 Å². The van der Waals surface area contributed by atoms with Crippen molar-refractivity contribution >= 4 is 64.0 Å². The molecule has 0 bridgehead atoms. The van der Waals surface area contributed by atoms with Crippen LogP contribution in [0.1, 0.15) is 83.4 Å². The normalized spacial score (nSPS) is 18.0. The Morgan fingerprint density at radius 3 is 1.69 bits per heavy atom. The number of ether oxygens (including phenoxy) is 7. The minimum atomic E-state index is 0.0846. The van der Waals surface area contributed by atoms with Crippen LogP contribution in [0, 0.1) is 13.8 Å². The van der Waals surface area contributed by atoms with Gasteiger partial charge in [0.25, 0.3) is 0 Å². The molecule has 0 aliphatic carbocycles. The fourth-order valence-corrected chi connectivity index (χ4v) is 11.2. The Balaban J connectivity index is 0.000000139. The molecule has 7 aromatic rings. The summed E-state index contributed by atoms with van der Waals surface area (Å²) in [6.07, 6.45) is 13.4. The van der Waals surface area contributed by atoms with Crippen molar-refractivity contribution in [3.8, 4) is 34.4 Å². The molecule has 3 fully saturated rings. The zero-order valence-corrected chi connectivity index (χ0v) is 50.6. The smallest absolute Gasteiger partial charge is 0.230 e. The average molecular weight is 1230 g/mol. The first kappa shape index (κ1) is 62.6. The molecule has 25 nitrogen and oxygen atoms in total. The average Bonchev–Trinajstić information content (AvgIpc) is 3.66. The summed E-state index contributed by atoms with van der Waals surface area (Å²) in [7, 11) is 6.39. The van der Waals surface area contributed by atoms with Gasteiger partial charge in [-0.1, -0.05) is 11.6 Å². The van der Waals surface area contributed by atoms with Crippen LogP contribution in [0.25, 0.3) is 11.4 Å². The quantitative estimate of drug-likeness (QED) is 0.0492. The number of halogens is 3. The monoisotopic (exact) mass is 1230 g/mol. The Morgan fingerprint density at radius 1 is 0.612 bits per heavy atom. The summed E-state index contributed by atoms with van der Waals surface area (Å²) in [5.74, 6) is 5.83. The van der Waals surface area contributed by atoms with E-state index in [1.165, 1.54) is 6.42 Å². The number of hydrogen-bond acceptors (Lipinski definition) is 23. The van der Waals surface area contributed by atoms with E-state index in [1.807, 2.05) is 35.9 Å². The number of nitrogens with one attached hydrogen (secondary N) is 2. The second kappa shape index (κ2) is 29.5. The largest absolute Gasteiger partial charge is 0.496 e. The number of aliphatic hydroxyl groups is 3. The highest BCUT2D eigenvalue weighted by Crippen LogP contribution is 2.40. The van der Waals surface area contributed by atoms with E-state index >= 15 is 0 Å². The van der Waals surface area contributed by atoms with Gasteiger partial charge in [-0.25, -0.2) is 34.9 Å². The maximum absolute atomic E-state index is 9.78. The highest BCUT2D eigenvalue weighted by Gasteiger charge is 2.32. The van der Waals surface area contributed by atoms with Gasteiger partial charge >= 0.3 is 0 Å². The fraction of sp³-hybridized carbons (Fsp3) is 0.474. The summed E-state index contributed by atoms with van der Waals surface area (Å²) >= 11 is 17.3. The number of aryl methyl sites for hydroxylation is 1. The predicted molar refractivity (Wildman–Crippen MR) is 320 cm³/mol. The number of hydrogen-bond donors (Lipinski definition) is 6. The molecule has 3 saturated heterocycles. The number of benzene rings is 2. The standard InChI is InChI=1S/C23H28N6O3.C12H15N3O3.C11H14ClN3O2.C6H4Cl2N2O.C5H11NO/c1-14-7-17(8-20(31-3)15(14)2)28-9-21(24-13-28)26-23-25-19-12-32-11-18(19)22(27-23)29-6-4-5-16(29)10-30;1-16-9-4-8(15-6-11(13)14-7-15)5-10(17-2)12(9)18-3;12-11-13-9-6-17-5-8(9)10(14-11)15-3-1-2-7(15)4-16;7-5-3-1-11-2-4(3)9-6(8)10-5;7-4-5-2-1-3-6-5/h7-9,13,16,30H,4-6,10-12H2,1-3H3,(H,25,26,27);4-7H,13H2,1-3H3;7,16H,1-6H2;1-2H2;5-7H,1-4H2/t16-;;7-;;5-/m1.1.1/s1. The van der Waals surface area contributed by atoms with E-state index in [9.17, 15) is 10.2 Å². The molecular formula is C57H72Cl3N15O10. The van der Waals surface area contributed by atoms with Gasteiger partial charge in [-0.3, -0.25) is 0 Å². The molecule has 0 saturated carbocycles. The van der Waals surface area contributed by atoms with Gasteiger partial charge in [0.05, 0.1) is 141 Å². The molecule has 28 heteroatoms. The lowest BCUT2D eigenvalue weighted by atomic mass is 10.1. The van der Waals surface area contributed by atoms with Crippen LogP contribution in [0.4, 0.5) is 29.2 Å². The Morgan fingerprint density at radius 2 is 1.15 bits per heavy atom. The van der Waals surface area contributed by atoms with Crippen molar-refractivity contribution in [1.82, 2.24) is 54.3 Å². The van der Waals surface area contributed by atoms with Crippen LogP contribution in [0.2, 0.25) is 15.7 Å². The molecule has 0 amide bonds. The van der Waals surface area contributed by atoms with Crippen molar-refractivity contribution in [3.05, 3.63) is 110 Å². The van der Waals surface area contributed by atoms with Gasteiger partial charge in [-0.05, 0) is 99.3 Å². The van der Waals surface area contributed by atoms with E-state index in [2.05, 4.69) is 68.3 Å². The van der Waals surface area contributed by atoms with Gasteiger partial charge in [0.1, 0.15) is 41.0 Å². The van der Waals surface area contributed by atoms with E-state index in [0.29, 0.717) is 92.3 Å². The third-order valence-corrected chi connectivity index (χ3v) is 15.8. The van der Waals surface area contributed by atoms with Crippen molar-refractivity contribution in [1.29, 1.82) is 0 Å². The second-order valence-electron chi connectivity index (χ2n) is 20.5. The molecule has 456 valence electrons. The summed E-state index contributed by atoms with van der Waals surface area (Å²) in [6.45, 7) is 10.5. The SMILES string of the molecule is COc1cc(-n2cnc(N)c2)cc(OC)c1OC.COc1cc(-n2cnc(Nc3nc4c(c(N5CCC[C@@H]5CO)n3)COC4)c2)cc(C)c1C.Clc1nc(Cl)c2c(n1)COC2.OC[C@H]1CCCN1.OC[C@H]1CCCN1c1nc(Cl)nc2c1COC2. The first-order valence-electron chi connectivity index (χ1n) is 27.8. The van der Waals surface area contributed by atoms with E-state index < -0.39 is 0 Å². The van der Waals surface area contributed by atoms with E-state index in [1.54, 1.807) is 51.9 Å². The number of nitrogen functional groups attached to an aromatic ring is 1. The lowest BCUT2D eigenvalue weighted by Crippen LogP contribution is -2.33. The first-order valence-corrected chi connectivity index (χ1v) is 28.9. The summed E-state index contributed by atoms with van der Waals surface area (Å²) in [5.41, 5.74) is 15.1. The molecule has 13 rings (SSSR count). The Hall–Kier alpha value is -6.91. The number of nitrogens with zero attached hydrogens (tertiary/aromatic N) is 12. The minimum absolute atomic E-state index is 0.0846. The van der Waals surface area contributed by atoms with Crippen LogP contribution in [-0.2, 0) is 53.9 Å². The summed E-state index contributed by atoms with van der Waals surface area (Å²) < 4.78 is 41.2. The molecule has 6 aliphatic heterocycles. The van der Waals surface area contributed by atoms with Crippen LogP contribution in [0.15, 0.2) is 49.3 Å². The van der Waals surface area contributed by atoms with Gasteiger partial charge in [0.2, 0.25) is 22.3 Å². The first-order chi connectivity index (χ1) is 41.3. The molecule has 7 N–H and O–H groups in total. The molecule has 0 unspecified atom stereocenters. The molecule has 2 aromatic carbocycles. The van der Waals surface area contributed by atoms with E-state index in [0.717, 1.165) is 125 Å². The van der Waals surface area contributed by atoms with Gasteiger partial charge in [-0.2, -0.15) is 4.98 Å². The number of methoxy groups -OCH3 is 4. The third-order valence-electron chi connectivity index (χ3n) is 15.2. The Bertz CT molecular complexity index is 3360. The molecule has 6 aliphatic rings. The number of aliphatic hydroxyl groups excluding tert-OH is 3. The Kier molecular flexibility index (Phi) is 21.7. The highest BCUT2D eigenvalue weighted by molar-refractivity contribution is 6.32. The number of nitrogens with two attached hydrogens (primary N) is 1. The van der Waals surface area contributed by atoms with Crippen molar-refractivity contribution in [3.63, 3.8) is 0 Å². The summed E-state index contributed by atoms with van der Waals surface area (Å²) in [5, 5.41) is 34.9. The lowest BCUT2D eigenvalue weighted by molar-refractivity contribution is 0.133. The highest BCUT2D eigenvalue weighted by atomic mass is 35.5.